The average Bonchev–Trinajstić information content (AvgIpc) is 3.45. The van der Waals surface area contributed by atoms with Crippen molar-refractivity contribution in [2.24, 2.45) is 5.16 Å². The first-order valence-corrected chi connectivity index (χ1v) is 12.2. The van der Waals surface area contributed by atoms with Gasteiger partial charge in [-0.15, -0.1) is 16.4 Å². The van der Waals surface area contributed by atoms with E-state index in [2.05, 4.69) is 25.0 Å². The number of ether oxygens (including phenoxy) is 1. The highest BCUT2D eigenvalue weighted by Gasteiger charge is 2.17. The Morgan fingerprint density at radius 1 is 1.22 bits per heavy atom. The minimum Gasteiger partial charge on any atom is -0.389 e. The van der Waals surface area contributed by atoms with Gasteiger partial charge in [0.15, 0.2) is 11.7 Å². The predicted octanol–water partition coefficient (Wildman–Crippen LogP) is 4.56. The molecule has 1 aromatic carbocycles. The quantitative estimate of drug-likeness (QED) is 0.363. The fraction of sp³-hybridized carbons (Fsp3) is 0.409. The lowest BCUT2D eigenvalue weighted by molar-refractivity contribution is -0.123. The number of nitrogens with zero attached hydrogens (tertiary/aromatic N) is 4. The third kappa shape index (κ3) is 6.18. The largest absolute Gasteiger partial charge is 0.389 e. The molecule has 32 heavy (non-hydrogen) atoms. The molecule has 10 heteroatoms. The Hall–Kier alpha value is -2.69. The molecule has 4 rings (SSSR count). The van der Waals surface area contributed by atoms with Gasteiger partial charge in [0, 0.05) is 10.9 Å². The molecule has 3 aromatic rings. The van der Waals surface area contributed by atoms with Gasteiger partial charge < -0.3 is 9.57 Å². The molecule has 0 atom stereocenters. The van der Waals surface area contributed by atoms with Crippen LogP contribution in [0, 0.1) is 6.92 Å². The predicted molar refractivity (Wildman–Crippen MR) is 125 cm³/mol. The van der Waals surface area contributed by atoms with Crippen LogP contribution in [-0.2, 0) is 21.0 Å². The number of thiazole rings is 1. The molecule has 2 aromatic heterocycles. The van der Waals surface area contributed by atoms with Crippen molar-refractivity contribution in [1.82, 2.24) is 14.6 Å². The van der Waals surface area contributed by atoms with Gasteiger partial charge in [0.2, 0.25) is 0 Å². The standard InChI is InChI=1S/C22H25N5O3S2/c1-15-20(25-27-32-15)21(16-8-4-2-5-9-16)26-30-12-17-14-31-22(23-17)24-19(28)13-29-18-10-6-3-7-11-18/h2,4-5,8-9,14,18H,3,6-7,10-13H2,1H3,(H,23,24,28). The number of rotatable bonds is 9. The molecule has 0 aliphatic heterocycles. The molecule has 0 spiro atoms. The van der Waals surface area contributed by atoms with Gasteiger partial charge >= 0.3 is 0 Å². The number of oxime groups is 1. The Labute approximate surface area is 194 Å². The van der Waals surface area contributed by atoms with Crippen molar-refractivity contribution in [2.45, 2.75) is 51.7 Å². The second kappa shape index (κ2) is 11.3. The van der Waals surface area contributed by atoms with Crippen molar-refractivity contribution in [3.8, 4) is 0 Å². The zero-order chi connectivity index (χ0) is 22.2. The maximum Gasteiger partial charge on any atom is 0.252 e. The number of amides is 1. The van der Waals surface area contributed by atoms with Crippen molar-refractivity contribution >= 4 is 39.6 Å². The maximum absolute atomic E-state index is 12.2. The lowest BCUT2D eigenvalue weighted by Gasteiger charge is -2.21. The highest BCUT2D eigenvalue weighted by Crippen LogP contribution is 2.21. The van der Waals surface area contributed by atoms with Crippen LogP contribution < -0.4 is 5.32 Å². The van der Waals surface area contributed by atoms with Crippen LogP contribution in [-0.4, -0.2) is 38.9 Å². The monoisotopic (exact) mass is 471 g/mol. The Kier molecular flexibility index (Phi) is 7.92. The third-order valence-electron chi connectivity index (χ3n) is 5.09. The highest BCUT2D eigenvalue weighted by atomic mass is 32.1. The zero-order valence-corrected chi connectivity index (χ0v) is 19.5. The second-order valence-electron chi connectivity index (χ2n) is 7.52. The smallest absolute Gasteiger partial charge is 0.252 e. The molecule has 0 radical (unpaired) electrons. The number of hydrogen-bond donors (Lipinski definition) is 1. The number of aromatic nitrogens is 3. The SMILES string of the molecule is Cc1snnc1C(=NOCc1csc(NC(=O)COC2CCCCC2)n1)c1ccccc1. The van der Waals surface area contributed by atoms with Gasteiger partial charge in [0.1, 0.15) is 18.0 Å². The Morgan fingerprint density at radius 3 is 2.78 bits per heavy atom. The van der Waals surface area contributed by atoms with Crippen molar-refractivity contribution in [1.29, 1.82) is 0 Å². The third-order valence-corrected chi connectivity index (χ3v) is 6.53. The highest BCUT2D eigenvalue weighted by molar-refractivity contribution is 7.13. The van der Waals surface area contributed by atoms with E-state index in [1.165, 1.54) is 42.1 Å². The van der Waals surface area contributed by atoms with Crippen LogP contribution in [0.1, 0.15) is 53.9 Å². The molecule has 2 heterocycles. The number of hydrogen-bond acceptors (Lipinski definition) is 9. The average molecular weight is 472 g/mol. The summed E-state index contributed by atoms with van der Waals surface area (Å²) < 4.78 is 9.72. The van der Waals surface area contributed by atoms with Crippen LogP contribution >= 0.6 is 22.9 Å². The first-order valence-electron chi connectivity index (χ1n) is 10.6. The molecule has 1 aliphatic carbocycles. The van der Waals surface area contributed by atoms with Crippen molar-refractivity contribution in [3.63, 3.8) is 0 Å². The molecule has 8 nitrogen and oxygen atoms in total. The van der Waals surface area contributed by atoms with Crippen molar-refractivity contribution in [2.75, 3.05) is 11.9 Å². The molecule has 1 amide bonds. The second-order valence-corrected chi connectivity index (χ2v) is 9.34. The number of carbonyl (C=O) groups is 1. The van der Waals surface area contributed by atoms with E-state index >= 15 is 0 Å². The summed E-state index contributed by atoms with van der Waals surface area (Å²) in [7, 11) is 0. The minimum atomic E-state index is -0.187. The van der Waals surface area contributed by atoms with E-state index in [4.69, 9.17) is 9.57 Å². The molecule has 0 bridgehead atoms. The molecule has 1 fully saturated rings. The molecular formula is C22H25N5O3S2. The van der Waals surface area contributed by atoms with Gasteiger partial charge in [-0.1, -0.05) is 59.2 Å². The first-order chi connectivity index (χ1) is 15.7. The van der Waals surface area contributed by atoms with E-state index in [1.54, 1.807) is 0 Å². The van der Waals surface area contributed by atoms with Crippen LogP contribution in [0.15, 0.2) is 40.9 Å². The number of benzene rings is 1. The fourth-order valence-electron chi connectivity index (χ4n) is 3.45. The lowest BCUT2D eigenvalue weighted by Crippen LogP contribution is -2.24. The molecular weight excluding hydrogens is 446 g/mol. The van der Waals surface area contributed by atoms with Crippen LogP contribution in [0.2, 0.25) is 0 Å². The van der Waals surface area contributed by atoms with Crippen LogP contribution in [0.3, 0.4) is 0 Å². The van der Waals surface area contributed by atoms with E-state index in [0.717, 1.165) is 23.3 Å². The van der Waals surface area contributed by atoms with Gasteiger partial charge in [-0.2, -0.15) is 0 Å². The Morgan fingerprint density at radius 2 is 2.03 bits per heavy atom. The Balaban J connectivity index is 1.32. The fourth-order valence-corrected chi connectivity index (χ4v) is 4.63. The van der Waals surface area contributed by atoms with Crippen LogP contribution in [0.4, 0.5) is 5.13 Å². The van der Waals surface area contributed by atoms with E-state index in [9.17, 15) is 4.79 Å². The summed E-state index contributed by atoms with van der Waals surface area (Å²) in [5.41, 5.74) is 2.90. The maximum atomic E-state index is 12.2. The van der Waals surface area contributed by atoms with Gasteiger partial charge in [-0.3, -0.25) is 10.1 Å². The van der Waals surface area contributed by atoms with Gasteiger partial charge in [0.25, 0.3) is 5.91 Å². The summed E-state index contributed by atoms with van der Waals surface area (Å²) >= 11 is 2.67. The molecule has 1 N–H and O–H groups in total. The van der Waals surface area contributed by atoms with E-state index in [0.29, 0.717) is 22.2 Å². The van der Waals surface area contributed by atoms with Crippen LogP contribution in [0.5, 0.6) is 0 Å². The molecule has 0 saturated heterocycles. The zero-order valence-electron chi connectivity index (χ0n) is 17.8. The topological polar surface area (TPSA) is 98.6 Å². The summed E-state index contributed by atoms with van der Waals surface area (Å²) in [6, 6.07) is 9.72. The summed E-state index contributed by atoms with van der Waals surface area (Å²) in [4.78, 5) is 23.1. The van der Waals surface area contributed by atoms with E-state index < -0.39 is 0 Å². The molecule has 0 unspecified atom stereocenters. The Bertz CT molecular complexity index is 1040. The molecule has 1 saturated carbocycles. The first kappa shape index (κ1) is 22.5. The normalized spacial score (nSPS) is 15.0. The van der Waals surface area contributed by atoms with Gasteiger partial charge in [-0.25, -0.2) is 4.98 Å². The molecule has 168 valence electrons. The van der Waals surface area contributed by atoms with Crippen molar-refractivity contribution in [3.05, 3.63) is 57.5 Å². The number of carbonyl (C=O) groups excluding carboxylic acids is 1. The number of nitrogens with one attached hydrogen (secondary N) is 1. The number of anilines is 1. The van der Waals surface area contributed by atoms with Crippen molar-refractivity contribution < 1.29 is 14.4 Å². The molecule has 1 aliphatic rings. The van der Waals surface area contributed by atoms with E-state index in [1.807, 2.05) is 42.6 Å². The van der Waals surface area contributed by atoms with Gasteiger partial charge in [0.05, 0.1) is 16.7 Å². The van der Waals surface area contributed by atoms with Crippen LogP contribution in [0.25, 0.3) is 0 Å². The number of aryl methyl sites for hydroxylation is 1. The minimum absolute atomic E-state index is 0.0574. The summed E-state index contributed by atoms with van der Waals surface area (Å²) in [6.07, 6.45) is 5.88. The summed E-state index contributed by atoms with van der Waals surface area (Å²) in [5, 5.41) is 13.7. The van der Waals surface area contributed by atoms with E-state index in [-0.39, 0.29) is 25.2 Å². The summed E-state index contributed by atoms with van der Waals surface area (Å²) in [6.45, 7) is 2.19. The summed E-state index contributed by atoms with van der Waals surface area (Å²) in [5.74, 6) is -0.187. The van der Waals surface area contributed by atoms with Gasteiger partial charge in [-0.05, 0) is 31.3 Å². The lowest BCUT2D eigenvalue weighted by atomic mass is 9.98.